The van der Waals surface area contributed by atoms with Gasteiger partial charge in [-0.3, -0.25) is 0 Å². The Bertz CT molecular complexity index is 555. The Labute approximate surface area is 113 Å². The maximum absolute atomic E-state index is 12.2. The van der Waals surface area contributed by atoms with Crippen molar-refractivity contribution < 1.29 is 8.42 Å². The predicted octanol–water partition coefficient (Wildman–Crippen LogP) is 2.47. The van der Waals surface area contributed by atoms with Crippen molar-refractivity contribution in [2.24, 2.45) is 0 Å². The summed E-state index contributed by atoms with van der Waals surface area (Å²) in [7, 11) is -3.62. The summed E-state index contributed by atoms with van der Waals surface area (Å²) in [6.07, 6.45) is 2.21. The molecule has 3 N–H and O–H groups in total. The van der Waals surface area contributed by atoms with Gasteiger partial charge in [0.15, 0.2) is 0 Å². The van der Waals surface area contributed by atoms with Crippen LogP contribution in [0.5, 0.6) is 0 Å². The molecule has 0 amide bonds. The number of benzene rings is 1. The van der Waals surface area contributed by atoms with E-state index in [0.29, 0.717) is 22.7 Å². The normalized spacial score (nSPS) is 13.3. The van der Waals surface area contributed by atoms with Crippen LogP contribution in [-0.4, -0.2) is 14.5 Å². The van der Waals surface area contributed by atoms with Crippen molar-refractivity contribution in [2.45, 2.75) is 31.2 Å². The fraction of sp³-hybridized carbons (Fsp3) is 0.333. The highest BCUT2D eigenvalue weighted by Gasteiger charge is 2.20. The molecule has 0 spiro atoms. The van der Waals surface area contributed by atoms with Crippen LogP contribution < -0.4 is 10.5 Å². The van der Waals surface area contributed by atoms with Crippen molar-refractivity contribution in [3.8, 4) is 0 Å². The quantitative estimate of drug-likeness (QED) is 0.646. The van der Waals surface area contributed by atoms with Crippen LogP contribution in [-0.2, 0) is 10.0 Å². The van der Waals surface area contributed by atoms with Crippen LogP contribution in [0.1, 0.15) is 18.9 Å². The lowest BCUT2D eigenvalue weighted by molar-refractivity contribution is 0.561. The van der Waals surface area contributed by atoms with Crippen LogP contribution >= 0.6 is 11.6 Å². The molecule has 0 bridgehead atoms. The Hall–Kier alpha value is -1.04. The van der Waals surface area contributed by atoms with Gasteiger partial charge in [0.1, 0.15) is 0 Å². The number of nitrogen functional groups attached to an aromatic ring is 1. The van der Waals surface area contributed by atoms with Gasteiger partial charge in [0.05, 0.1) is 4.90 Å². The van der Waals surface area contributed by atoms with Crippen LogP contribution in [0.3, 0.4) is 0 Å². The second-order valence-electron chi connectivity index (χ2n) is 4.16. The smallest absolute Gasteiger partial charge is 0.241 e. The van der Waals surface area contributed by atoms with E-state index in [4.69, 9.17) is 17.3 Å². The molecule has 0 aliphatic carbocycles. The fourth-order valence-electron chi connectivity index (χ4n) is 1.58. The van der Waals surface area contributed by atoms with Crippen molar-refractivity contribution in [3.05, 3.63) is 35.4 Å². The van der Waals surface area contributed by atoms with Crippen molar-refractivity contribution in [1.82, 2.24) is 4.72 Å². The molecule has 0 fully saturated rings. The first kappa shape index (κ1) is 15.0. The first-order valence-corrected chi connectivity index (χ1v) is 7.33. The summed E-state index contributed by atoms with van der Waals surface area (Å²) in [5, 5.41) is 0.301. The van der Waals surface area contributed by atoms with Crippen molar-refractivity contribution in [3.63, 3.8) is 0 Å². The van der Waals surface area contributed by atoms with Gasteiger partial charge in [0.25, 0.3) is 0 Å². The third-order valence-electron chi connectivity index (χ3n) is 2.53. The molecule has 0 saturated heterocycles. The highest BCUT2D eigenvalue weighted by molar-refractivity contribution is 7.89. The van der Waals surface area contributed by atoms with E-state index >= 15 is 0 Å². The van der Waals surface area contributed by atoms with Crippen LogP contribution in [0.2, 0.25) is 5.02 Å². The lowest BCUT2D eigenvalue weighted by atomic mass is 10.2. The van der Waals surface area contributed by atoms with Gasteiger partial charge in [-0.15, -0.1) is 6.58 Å². The highest BCUT2D eigenvalue weighted by Crippen LogP contribution is 2.26. The van der Waals surface area contributed by atoms with E-state index in [1.807, 2.05) is 0 Å². The Morgan fingerprint density at radius 3 is 2.72 bits per heavy atom. The van der Waals surface area contributed by atoms with E-state index in [0.717, 1.165) is 0 Å². The van der Waals surface area contributed by atoms with E-state index in [9.17, 15) is 8.42 Å². The van der Waals surface area contributed by atoms with Crippen LogP contribution in [0.4, 0.5) is 5.69 Å². The molecule has 0 aromatic heterocycles. The summed E-state index contributed by atoms with van der Waals surface area (Å²) in [6.45, 7) is 6.99. The predicted molar refractivity (Wildman–Crippen MR) is 75.2 cm³/mol. The van der Waals surface area contributed by atoms with Gasteiger partial charge in [0, 0.05) is 16.8 Å². The lowest BCUT2D eigenvalue weighted by Crippen LogP contribution is -2.32. The molecule has 18 heavy (non-hydrogen) atoms. The number of halogens is 1. The number of hydrogen-bond donors (Lipinski definition) is 2. The molecular weight excluding hydrogens is 272 g/mol. The zero-order valence-corrected chi connectivity index (χ0v) is 12.0. The first-order valence-electron chi connectivity index (χ1n) is 5.46. The van der Waals surface area contributed by atoms with Crippen molar-refractivity contribution in [1.29, 1.82) is 0 Å². The topological polar surface area (TPSA) is 72.2 Å². The molecule has 0 radical (unpaired) electrons. The summed E-state index contributed by atoms with van der Waals surface area (Å²) < 4.78 is 26.9. The highest BCUT2D eigenvalue weighted by atomic mass is 35.5. The molecule has 0 saturated carbocycles. The maximum atomic E-state index is 12.2. The van der Waals surface area contributed by atoms with Gasteiger partial charge in [-0.25, -0.2) is 13.1 Å². The average molecular weight is 289 g/mol. The van der Waals surface area contributed by atoms with E-state index in [2.05, 4.69) is 11.3 Å². The molecule has 1 aromatic rings. The third kappa shape index (κ3) is 3.48. The minimum atomic E-state index is -3.62. The minimum Gasteiger partial charge on any atom is -0.398 e. The lowest BCUT2D eigenvalue weighted by Gasteiger charge is -2.15. The second-order valence-corrected chi connectivity index (χ2v) is 6.28. The molecule has 0 aliphatic rings. The van der Waals surface area contributed by atoms with Crippen LogP contribution in [0, 0.1) is 6.92 Å². The summed E-state index contributed by atoms with van der Waals surface area (Å²) in [5.41, 5.74) is 6.57. The number of nitrogens with one attached hydrogen (secondary N) is 1. The molecular formula is C12H17ClN2O2S. The summed E-state index contributed by atoms with van der Waals surface area (Å²) >= 11 is 5.84. The van der Waals surface area contributed by atoms with Gasteiger partial charge in [-0.1, -0.05) is 17.7 Å². The molecule has 1 rings (SSSR count). The number of anilines is 1. The number of sulfonamides is 1. The van der Waals surface area contributed by atoms with E-state index in [-0.39, 0.29) is 10.9 Å². The van der Waals surface area contributed by atoms with E-state index in [1.54, 1.807) is 19.9 Å². The third-order valence-corrected chi connectivity index (χ3v) is 4.47. The van der Waals surface area contributed by atoms with Crippen LogP contribution in [0.15, 0.2) is 29.7 Å². The Morgan fingerprint density at radius 1 is 1.56 bits per heavy atom. The zero-order chi connectivity index (χ0) is 13.9. The molecule has 100 valence electrons. The molecule has 6 heteroatoms. The minimum absolute atomic E-state index is 0.114. The number of hydrogen-bond acceptors (Lipinski definition) is 3. The average Bonchev–Trinajstić information content (AvgIpc) is 2.22. The van der Waals surface area contributed by atoms with Gasteiger partial charge in [0.2, 0.25) is 10.0 Å². The second kappa shape index (κ2) is 5.73. The molecule has 1 aromatic carbocycles. The summed E-state index contributed by atoms with van der Waals surface area (Å²) in [5.74, 6) is 0. The van der Waals surface area contributed by atoms with Gasteiger partial charge in [-0.05, 0) is 38.0 Å². The molecule has 0 heterocycles. The molecule has 4 nitrogen and oxygen atoms in total. The fourth-order valence-corrected chi connectivity index (χ4v) is 3.43. The van der Waals surface area contributed by atoms with E-state index < -0.39 is 10.0 Å². The van der Waals surface area contributed by atoms with Crippen LogP contribution in [0.25, 0.3) is 0 Å². The zero-order valence-electron chi connectivity index (χ0n) is 10.4. The molecule has 1 unspecified atom stereocenters. The van der Waals surface area contributed by atoms with Crippen molar-refractivity contribution in [2.75, 3.05) is 5.73 Å². The van der Waals surface area contributed by atoms with Gasteiger partial charge >= 0.3 is 0 Å². The summed E-state index contributed by atoms with van der Waals surface area (Å²) in [4.78, 5) is 0.114. The largest absolute Gasteiger partial charge is 0.398 e. The Morgan fingerprint density at radius 2 is 2.17 bits per heavy atom. The SMILES string of the molecule is C=CCC(C)NS(=O)(=O)c1cc(Cl)cc(N)c1C. The Kier molecular flexibility index (Phi) is 4.78. The maximum Gasteiger partial charge on any atom is 0.241 e. The molecule has 1 atom stereocenters. The summed E-state index contributed by atoms with van der Waals surface area (Å²) in [6, 6.07) is 2.70. The first-order chi connectivity index (χ1) is 8.27. The number of nitrogens with two attached hydrogens (primary N) is 1. The standard InChI is InChI=1S/C12H17ClN2O2S/c1-4-5-8(2)15-18(16,17)12-7-10(13)6-11(14)9(12)3/h4,6-8,15H,1,5,14H2,2-3H3. The Balaban J connectivity index is 3.16. The van der Waals surface area contributed by atoms with Gasteiger partial charge < -0.3 is 5.73 Å². The molecule has 0 aliphatic heterocycles. The monoisotopic (exact) mass is 288 g/mol. The van der Waals surface area contributed by atoms with E-state index in [1.165, 1.54) is 12.1 Å². The van der Waals surface area contributed by atoms with Crippen molar-refractivity contribution >= 4 is 27.3 Å². The van der Waals surface area contributed by atoms with Gasteiger partial charge in [-0.2, -0.15) is 0 Å². The number of rotatable bonds is 5.